The van der Waals surface area contributed by atoms with Crippen molar-refractivity contribution in [3.63, 3.8) is 0 Å². The van der Waals surface area contributed by atoms with Crippen LogP contribution in [0.2, 0.25) is 0 Å². The summed E-state index contributed by atoms with van der Waals surface area (Å²) in [6.45, 7) is -0.412. The Hall–Kier alpha value is -3.08. The van der Waals surface area contributed by atoms with Crippen molar-refractivity contribution in [3.05, 3.63) is 70.2 Å². The summed E-state index contributed by atoms with van der Waals surface area (Å²) in [6, 6.07) is 15.0. The van der Waals surface area contributed by atoms with Crippen molar-refractivity contribution in [2.75, 3.05) is 0 Å². The Balaban J connectivity index is 1.96. The van der Waals surface area contributed by atoms with Gasteiger partial charge in [-0.15, -0.1) is 0 Å². The van der Waals surface area contributed by atoms with E-state index in [4.69, 9.17) is 9.52 Å². The third-order valence-corrected chi connectivity index (χ3v) is 3.25. The number of carboxylic acids is 1. The number of hydrogen-bond donors (Lipinski definition) is 1. The fourth-order valence-electron chi connectivity index (χ4n) is 2.23. The summed E-state index contributed by atoms with van der Waals surface area (Å²) in [4.78, 5) is 22.5. The number of benzene rings is 2. The van der Waals surface area contributed by atoms with Gasteiger partial charge in [-0.05, 0) is 23.3 Å². The first kappa shape index (κ1) is 13.9. The molecular formula is C17H13NO4. The van der Waals surface area contributed by atoms with E-state index in [2.05, 4.69) is 0 Å². The van der Waals surface area contributed by atoms with Crippen molar-refractivity contribution in [2.45, 2.75) is 6.54 Å². The highest BCUT2D eigenvalue weighted by molar-refractivity contribution is 5.80. The molecule has 0 unspecified atom stereocenters. The lowest BCUT2D eigenvalue weighted by Gasteiger charge is -1.98. The molecule has 3 rings (SSSR count). The van der Waals surface area contributed by atoms with E-state index in [1.807, 2.05) is 48.6 Å². The molecule has 2 aromatic carbocycles. The molecule has 0 saturated carbocycles. The summed E-state index contributed by atoms with van der Waals surface area (Å²) in [5, 5.41) is 8.82. The summed E-state index contributed by atoms with van der Waals surface area (Å²) in [7, 11) is 0. The molecule has 0 aliphatic rings. The first-order valence-electron chi connectivity index (χ1n) is 6.72. The van der Waals surface area contributed by atoms with Crippen molar-refractivity contribution >= 4 is 29.2 Å². The molecule has 0 bridgehead atoms. The zero-order chi connectivity index (χ0) is 15.5. The molecule has 0 fully saturated rings. The van der Waals surface area contributed by atoms with Gasteiger partial charge in [0.25, 0.3) is 0 Å². The number of nitrogens with zero attached hydrogens (tertiary/aromatic N) is 1. The van der Waals surface area contributed by atoms with Crippen LogP contribution in [0, 0.1) is 0 Å². The maximum atomic E-state index is 11.7. The van der Waals surface area contributed by atoms with Gasteiger partial charge in [0, 0.05) is 0 Å². The van der Waals surface area contributed by atoms with Crippen LogP contribution in [0.3, 0.4) is 0 Å². The predicted molar refractivity (Wildman–Crippen MR) is 83.5 cm³/mol. The molecule has 110 valence electrons. The van der Waals surface area contributed by atoms with E-state index in [0.29, 0.717) is 11.1 Å². The summed E-state index contributed by atoms with van der Waals surface area (Å²) >= 11 is 0. The molecule has 0 atom stereocenters. The number of fused-ring (bicyclic) bond motifs is 1. The van der Waals surface area contributed by atoms with Crippen LogP contribution >= 0.6 is 0 Å². The van der Waals surface area contributed by atoms with E-state index in [0.717, 1.165) is 15.7 Å². The molecule has 0 aliphatic heterocycles. The quantitative estimate of drug-likeness (QED) is 0.751. The maximum absolute atomic E-state index is 11.7. The highest BCUT2D eigenvalue weighted by atomic mass is 16.4. The molecule has 5 nitrogen and oxygen atoms in total. The molecule has 0 saturated heterocycles. The summed E-state index contributed by atoms with van der Waals surface area (Å²) in [5.41, 5.74) is 2.78. The Morgan fingerprint density at radius 3 is 2.55 bits per heavy atom. The van der Waals surface area contributed by atoms with Crippen molar-refractivity contribution in [1.29, 1.82) is 0 Å². The van der Waals surface area contributed by atoms with E-state index < -0.39 is 18.3 Å². The van der Waals surface area contributed by atoms with Crippen LogP contribution in [0.4, 0.5) is 0 Å². The monoisotopic (exact) mass is 295 g/mol. The van der Waals surface area contributed by atoms with Crippen LogP contribution in [0.5, 0.6) is 0 Å². The molecule has 1 heterocycles. The molecule has 22 heavy (non-hydrogen) atoms. The molecule has 0 aliphatic carbocycles. The van der Waals surface area contributed by atoms with Gasteiger partial charge in [0.1, 0.15) is 6.54 Å². The average Bonchev–Trinajstić information content (AvgIpc) is 2.81. The Labute approximate surface area is 125 Å². The highest BCUT2D eigenvalue weighted by Gasteiger charge is 2.11. The second-order valence-corrected chi connectivity index (χ2v) is 4.82. The minimum absolute atomic E-state index is 0.376. The Morgan fingerprint density at radius 1 is 1.09 bits per heavy atom. The molecule has 0 spiro atoms. The number of oxazole rings is 1. The van der Waals surface area contributed by atoms with Gasteiger partial charge in [-0.1, -0.05) is 48.6 Å². The second kappa shape index (κ2) is 5.73. The zero-order valence-electron chi connectivity index (χ0n) is 11.6. The molecular weight excluding hydrogens is 282 g/mol. The molecule has 1 aromatic heterocycles. The number of hydrogen-bond acceptors (Lipinski definition) is 3. The molecule has 3 aromatic rings. The number of aliphatic carboxylic acids is 1. The van der Waals surface area contributed by atoms with Crippen LogP contribution in [0.15, 0.2) is 57.7 Å². The van der Waals surface area contributed by atoms with Gasteiger partial charge >= 0.3 is 11.7 Å². The first-order chi connectivity index (χ1) is 10.6. The number of aromatic nitrogens is 1. The normalized spacial score (nSPS) is 11.3. The van der Waals surface area contributed by atoms with Gasteiger partial charge < -0.3 is 9.52 Å². The average molecular weight is 295 g/mol. The van der Waals surface area contributed by atoms with Gasteiger partial charge in [-0.3, -0.25) is 9.36 Å². The smallest absolute Gasteiger partial charge is 0.420 e. The van der Waals surface area contributed by atoms with Crippen LogP contribution in [-0.4, -0.2) is 15.6 Å². The topological polar surface area (TPSA) is 72.4 Å². The second-order valence-electron chi connectivity index (χ2n) is 4.82. The van der Waals surface area contributed by atoms with E-state index in [9.17, 15) is 9.59 Å². The SMILES string of the molecule is O=C(O)Cn1c(=O)oc2cc(/C=C/c3ccccc3)ccc21. The first-order valence-corrected chi connectivity index (χ1v) is 6.72. The van der Waals surface area contributed by atoms with Crippen molar-refractivity contribution in [2.24, 2.45) is 0 Å². The standard InChI is InChI=1S/C17H13NO4/c19-16(20)11-18-14-9-8-13(10-15(14)22-17(18)21)7-6-12-4-2-1-3-5-12/h1-10H,11H2,(H,19,20)/b7-6+. The van der Waals surface area contributed by atoms with Crippen LogP contribution < -0.4 is 5.76 Å². The fourth-order valence-corrected chi connectivity index (χ4v) is 2.23. The van der Waals surface area contributed by atoms with Gasteiger partial charge in [-0.25, -0.2) is 4.79 Å². The lowest BCUT2D eigenvalue weighted by molar-refractivity contribution is -0.137. The third kappa shape index (κ3) is 2.83. The van der Waals surface area contributed by atoms with Crippen LogP contribution in [0.25, 0.3) is 23.3 Å². The number of carbonyl (C=O) groups is 1. The minimum atomic E-state index is -1.09. The van der Waals surface area contributed by atoms with E-state index in [1.54, 1.807) is 12.1 Å². The third-order valence-electron chi connectivity index (χ3n) is 3.25. The van der Waals surface area contributed by atoms with Crippen LogP contribution in [0.1, 0.15) is 11.1 Å². The fraction of sp³-hybridized carbons (Fsp3) is 0.0588. The van der Waals surface area contributed by atoms with Gasteiger partial charge in [-0.2, -0.15) is 0 Å². The largest absolute Gasteiger partial charge is 0.480 e. The highest BCUT2D eigenvalue weighted by Crippen LogP contribution is 2.17. The molecule has 0 radical (unpaired) electrons. The zero-order valence-corrected chi connectivity index (χ0v) is 11.6. The van der Waals surface area contributed by atoms with Crippen LogP contribution in [-0.2, 0) is 11.3 Å². The maximum Gasteiger partial charge on any atom is 0.420 e. The summed E-state index contributed by atoms with van der Waals surface area (Å²) in [5.74, 6) is -1.75. The summed E-state index contributed by atoms with van der Waals surface area (Å²) < 4.78 is 6.20. The van der Waals surface area contributed by atoms with E-state index in [-0.39, 0.29) is 0 Å². The molecule has 1 N–H and O–H groups in total. The van der Waals surface area contributed by atoms with Crippen molar-refractivity contribution in [1.82, 2.24) is 4.57 Å². The van der Waals surface area contributed by atoms with Crippen molar-refractivity contribution < 1.29 is 14.3 Å². The molecule has 5 heteroatoms. The summed E-state index contributed by atoms with van der Waals surface area (Å²) in [6.07, 6.45) is 3.86. The van der Waals surface area contributed by atoms with Gasteiger partial charge in [0.2, 0.25) is 0 Å². The molecule has 0 amide bonds. The van der Waals surface area contributed by atoms with Gasteiger partial charge in [0.15, 0.2) is 5.58 Å². The lowest BCUT2D eigenvalue weighted by Crippen LogP contribution is -2.19. The van der Waals surface area contributed by atoms with Gasteiger partial charge in [0.05, 0.1) is 5.52 Å². The minimum Gasteiger partial charge on any atom is -0.480 e. The Kier molecular flexibility index (Phi) is 3.62. The number of rotatable bonds is 4. The lowest BCUT2D eigenvalue weighted by atomic mass is 10.1. The van der Waals surface area contributed by atoms with Crippen molar-refractivity contribution in [3.8, 4) is 0 Å². The predicted octanol–water partition coefficient (Wildman–Crippen LogP) is 2.85. The Morgan fingerprint density at radius 2 is 1.82 bits per heavy atom. The Bertz CT molecular complexity index is 903. The number of carboxylic acid groups (broad SMARTS) is 1. The van der Waals surface area contributed by atoms with E-state index in [1.165, 1.54) is 0 Å². The van der Waals surface area contributed by atoms with E-state index >= 15 is 0 Å².